The molecule has 0 aliphatic rings. The van der Waals surface area contributed by atoms with Crippen LogP contribution in [0.2, 0.25) is 0 Å². The summed E-state index contributed by atoms with van der Waals surface area (Å²) in [6, 6.07) is 7.76. The molecule has 0 fully saturated rings. The SMILES string of the molecule is C[C@@H](NC(=O)c1cc2c(nc3sccn32)s1)c1cccc([N+](=O)[O-])c1. The monoisotopic (exact) mass is 372 g/mol. The van der Waals surface area contributed by atoms with Gasteiger partial charge in [0.15, 0.2) is 4.96 Å². The van der Waals surface area contributed by atoms with Gasteiger partial charge in [-0.15, -0.1) is 22.7 Å². The summed E-state index contributed by atoms with van der Waals surface area (Å²) >= 11 is 2.88. The largest absolute Gasteiger partial charge is 0.345 e. The van der Waals surface area contributed by atoms with Crippen LogP contribution in [0.1, 0.15) is 28.2 Å². The van der Waals surface area contributed by atoms with Crippen LogP contribution in [0.15, 0.2) is 41.9 Å². The number of imidazole rings is 1. The summed E-state index contributed by atoms with van der Waals surface area (Å²) in [7, 11) is 0. The van der Waals surface area contributed by atoms with Crippen molar-refractivity contribution in [3.8, 4) is 0 Å². The minimum Gasteiger partial charge on any atom is -0.345 e. The van der Waals surface area contributed by atoms with Crippen molar-refractivity contribution in [3.63, 3.8) is 0 Å². The maximum atomic E-state index is 12.5. The molecule has 0 unspecified atom stereocenters. The molecule has 0 saturated heterocycles. The van der Waals surface area contributed by atoms with E-state index in [1.807, 2.05) is 22.0 Å². The van der Waals surface area contributed by atoms with Gasteiger partial charge < -0.3 is 5.32 Å². The molecule has 0 bridgehead atoms. The maximum Gasteiger partial charge on any atom is 0.269 e. The zero-order chi connectivity index (χ0) is 17.6. The second-order valence-corrected chi connectivity index (χ2v) is 7.42. The first-order valence-corrected chi connectivity index (χ1v) is 9.13. The summed E-state index contributed by atoms with van der Waals surface area (Å²) in [4.78, 5) is 29.7. The average molecular weight is 372 g/mol. The van der Waals surface area contributed by atoms with Crippen molar-refractivity contribution in [1.82, 2.24) is 14.7 Å². The predicted octanol–water partition coefficient (Wildman–Crippen LogP) is 4.01. The number of amides is 1. The number of rotatable bonds is 4. The number of fused-ring (bicyclic) bond motifs is 3. The standard InChI is InChI=1S/C16H12N4O3S2/c1-9(10-3-2-4-11(7-10)20(22)23)17-14(21)13-8-12-15(25-13)18-16-19(12)5-6-24-16/h2-9H,1H3,(H,17,21)/t9-/m1/s1. The number of thiazole rings is 1. The van der Waals surface area contributed by atoms with Crippen molar-refractivity contribution in [1.29, 1.82) is 0 Å². The molecule has 4 rings (SSSR count). The number of non-ortho nitro benzene ring substituents is 1. The normalized spacial score (nSPS) is 12.5. The Balaban J connectivity index is 1.57. The number of benzene rings is 1. The molecule has 3 aromatic heterocycles. The molecule has 3 heterocycles. The van der Waals surface area contributed by atoms with Gasteiger partial charge in [-0.2, -0.15) is 0 Å². The van der Waals surface area contributed by atoms with Gasteiger partial charge in [-0.05, 0) is 18.6 Å². The van der Waals surface area contributed by atoms with Crippen LogP contribution in [0.3, 0.4) is 0 Å². The molecule has 1 N–H and O–H groups in total. The number of nitro groups is 1. The molecule has 1 amide bonds. The minimum absolute atomic E-state index is 0.00823. The third kappa shape index (κ3) is 2.77. The smallest absolute Gasteiger partial charge is 0.269 e. The number of carbonyl (C=O) groups is 1. The van der Waals surface area contributed by atoms with Crippen LogP contribution < -0.4 is 5.32 Å². The Kier molecular flexibility index (Phi) is 3.74. The highest BCUT2D eigenvalue weighted by Crippen LogP contribution is 2.28. The van der Waals surface area contributed by atoms with Gasteiger partial charge >= 0.3 is 0 Å². The van der Waals surface area contributed by atoms with Gasteiger partial charge in [0, 0.05) is 23.7 Å². The summed E-state index contributed by atoms with van der Waals surface area (Å²) < 4.78 is 1.96. The lowest BCUT2D eigenvalue weighted by atomic mass is 10.1. The lowest BCUT2D eigenvalue weighted by molar-refractivity contribution is -0.384. The van der Waals surface area contributed by atoms with E-state index in [0.717, 1.165) is 15.3 Å². The first-order chi connectivity index (χ1) is 12.0. The summed E-state index contributed by atoms with van der Waals surface area (Å²) in [5.41, 5.74) is 1.61. The van der Waals surface area contributed by atoms with Crippen molar-refractivity contribution in [3.05, 3.63) is 62.5 Å². The number of hydrogen-bond acceptors (Lipinski definition) is 6. The molecule has 25 heavy (non-hydrogen) atoms. The second-order valence-electron chi connectivity index (χ2n) is 5.52. The highest BCUT2D eigenvalue weighted by molar-refractivity contribution is 7.21. The third-order valence-corrected chi connectivity index (χ3v) is 5.67. The lowest BCUT2D eigenvalue weighted by Crippen LogP contribution is -2.25. The van der Waals surface area contributed by atoms with Crippen LogP contribution in [0.4, 0.5) is 5.69 Å². The molecule has 1 atom stereocenters. The topological polar surface area (TPSA) is 89.5 Å². The van der Waals surface area contributed by atoms with Crippen molar-refractivity contribution in [2.24, 2.45) is 0 Å². The van der Waals surface area contributed by atoms with Crippen LogP contribution in [-0.4, -0.2) is 20.2 Å². The fourth-order valence-electron chi connectivity index (χ4n) is 2.62. The van der Waals surface area contributed by atoms with Crippen LogP contribution in [0.5, 0.6) is 0 Å². The van der Waals surface area contributed by atoms with E-state index >= 15 is 0 Å². The van der Waals surface area contributed by atoms with Gasteiger partial charge in [-0.1, -0.05) is 12.1 Å². The van der Waals surface area contributed by atoms with Gasteiger partial charge in [0.1, 0.15) is 4.83 Å². The fraction of sp³-hybridized carbons (Fsp3) is 0.125. The van der Waals surface area contributed by atoms with E-state index in [1.165, 1.54) is 23.5 Å². The first-order valence-electron chi connectivity index (χ1n) is 7.43. The first kappa shape index (κ1) is 15.7. The molecule has 0 radical (unpaired) electrons. The number of nitro benzene ring substituents is 1. The zero-order valence-corrected chi connectivity index (χ0v) is 14.6. The highest BCUT2D eigenvalue weighted by atomic mass is 32.1. The molecular weight excluding hydrogens is 360 g/mol. The minimum atomic E-state index is -0.445. The number of thiophene rings is 1. The number of nitrogens with zero attached hydrogens (tertiary/aromatic N) is 3. The van der Waals surface area contributed by atoms with E-state index in [9.17, 15) is 14.9 Å². The van der Waals surface area contributed by atoms with Crippen molar-refractivity contribution >= 4 is 49.6 Å². The average Bonchev–Trinajstić information content (AvgIpc) is 3.26. The second kappa shape index (κ2) is 5.94. The highest BCUT2D eigenvalue weighted by Gasteiger charge is 2.18. The van der Waals surface area contributed by atoms with Gasteiger partial charge in [0.2, 0.25) is 0 Å². The van der Waals surface area contributed by atoms with Gasteiger partial charge in [0.25, 0.3) is 11.6 Å². The van der Waals surface area contributed by atoms with E-state index in [2.05, 4.69) is 10.3 Å². The van der Waals surface area contributed by atoms with Crippen molar-refractivity contribution in [2.75, 3.05) is 0 Å². The van der Waals surface area contributed by atoms with Gasteiger partial charge in [-0.25, -0.2) is 4.98 Å². The molecular formula is C16H12N4O3S2. The molecule has 7 nitrogen and oxygen atoms in total. The van der Waals surface area contributed by atoms with Crippen LogP contribution >= 0.6 is 22.7 Å². The third-order valence-electron chi connectivity index (χ3n) is 3.89. The molecule has 0 spiro atoms. The number of hydrogen-bond donors (Lipinski definition) is 1. The van der Waals surface area contributed by atoms with E-state index in [1.54, 1.807) is 30.4 Å². The molecule has 0 aliphatic heterocycles. The van der Waals surface area contributed by atoms with Gasteiger partial charge in [-0.3, -0.25) is 19.3 Å². The summed E-state index contributed by atoms with van der Waals surface area (Å²) in [6.07, 6.45) is 1.93. The predicted molar refractivity (Wildman–Crippen MR) is 97.4 cm³/mol. The summed E-state index contributed by atoms with van der Waals surface area (Å²) in [5.74, 6) is -0.217. The summed E-state index contributed by atoms with van der Waals surface area (Å²) in [5, 5.41) is 15.7. The molecule has 0 saturated carbocycles. The fourth-order valence-corrected chi connectivity index (χ4v) is 4.32. The number of carbonyl (C=O) groups excluding carboxylic acids is 1. The quantitative estimate of drug-likeness (QED) is 0.433. The van der Waals surface area contributed by atoms with Crippen LogP contribution in [-0.2, 0) is 0 Å². The van der Waals surface area contributed by atoms with Crippen molar-refractivity contribution in [2.45, 2.75) is 13.0 Å². The Morgan fingerprint density at radius 2 is 2.24 bits per heavy atom. The lowest BCUT2D eigenvalue weighted by Gasteiger charge is -2.13. The van der Waals surface area contributed by atoms with Crippen LogP contribution in [0.25, 0.3) is 15.3 Å². The Labute approximate surface area is 149 Å². The Morgan fingerprint density at radius 3 is 3.04 bits per heavy atom. The molecule has 1 aromatic carbocycles. The van der Waals surface area contributed by atoms with E-state index < -0.39 is 4.92 Å². The molecule has 126 valence electrons. The molecule has 9 heteroatoms. The molecule has 0 aliphatic carbocycles. The number of nitrogens with one attached hydrogen (secondary N) is 1. The Morgan fingerprint density at radius 1 is 1.40 bits per heavy atom. The number of aromatic nitrogens is 2. The Bertz CT molecular complexity index is 1110. The van der Waals surface area contributed by atoms with Crippen LogP contribution in [0, 0.1) is 10.1 Å². The zero-order valence-electron chi connectivity index (χ0n) is 13.0. The molecule has 4 aromatic rings. The van der Waals surface area contributed by atoms with E-state index in [4.69, 9.17) is 0 Å². The summed E-state index contributed by atoms with van der Waals surface area (Å²) in [6.45, 7) is 1.80. The van der Waals surface area contributed by atoms with Crippen molar-refractivity contribution < 1.29 is 9.72 Å². The van der Waals surface area contributed by atoms with E-state index in [0.29, 0.717) is 10.4 Å². The maximum absolute atomic E-state index is 12.5. The van der Waals surface area contributed by atoms with E-state index in [-0.39, 0.29) is 17.6 Å². The van der Waals surface area contributed by atoms with Gasteiger partial charge in [0.05, 0.1) is 21.4 Å². The Hall–Kier alpha value is -2.78.